The zero-order valence-corrected chi connectivity index (χ0v) is 11.9. The number of pyridine rings is 1. The second-order valence-corrected chi connectivity index (χ2v) is 4.61. The minimum atomic E-state index is -0.419. The summed E-state index contributed by atoms with van der Waals surface area (Å²) in [6.45, 7) is 2.05. The molecule has 1 atom stereocenters. The van der Waals surface area contributed by atoms with Crippen LogP contribution in [0.3, 0.4) is 0 Å². The molecule has 0 spiro atoms. The van der Waals surface area contributed by atoms with Crippen LogP contribution in [0.2, 0.25) is 0 Å². The van der Waals surface area contributed by atoms with Crippen molar-refractivity contribution in [1.29, 1.82) is 5.26 Å². The van der Waals surface area contributed by atoms with Crippen LogP contribution in [0.25, 0.3) is 0 Å². The Morgan fingerprint density at radius 1 is 1.43 bits per heavy atom. The third kappa shape index (κ3) is 3.56. The average Bonchev–Trinajstić information content (AvgIpc) is 2.53. The highest BCUT2D eigenvalue weighted by Gasteiger charge is 2.10. The fraction of sp³-hybridized carbons (Fsp3) is 0.250. The number of ether oxygens (including phenoxy) is 1. The summed E-state index contributed by atoms with van der Waals surface area (Å²) in [6, 6.07) is 10.4. The summed E-state index contributed by atoms with van der Waals surface area (Å²) < 4.78 is 19.4. The van der Waals surface area contributed by atoms with E-state index in [2.05, 4.69) is 10.3 Å². The van der Waals surface area contributed by atoms with E-state index >= 15 is 0 Å². The smallest absolute Gasteiger partial charge is 0.165 e. The molecule has 1 heterocycles. The van der Waals surface area contributed by atoms with Gasteiger partial charge in [-0.05, 0) is 37.7 Å². The van der Waals surface area contributed by atoms with E-state index in [9.17, 15) is 4.39 Å². The zero-order valence-electron chi connectivity index (χ0n) is 11.9. The molecule has 0 saturated carbocycles. The zero-order chi connectivity index (χ0) is 15.2. The summed E-state index contributed by atoms with van der Waals surface area (Å²) in [5.74, 6) is -0.258. The lowest BCUT2D eigenvalue weighted by atomic mass is 10.1. The molecule has 4 nitrogen and oxygen atoms in total. The van der Waals surface area contributed by atoms with Crippen LogP contribution in [-0.2, 0) is 6.61 Å². The number of nitrogens with one attached hydrogen (secondary N) is 1. The van der Waals surface area contributed by atoms with E-state index in [1.807, 2.05) is 26.1 Å². The lowest BCUT2D eigenvalue weighted by molar-refractivity contribution is 0.289. The van der Waals surface area contributed by atoms with Gasteiger partial charge in [-0.3, -0.25) is 0 Å². The molecule has 2 rings (SSSR count). The Hall–Kier alpha value is -2.45. The van der Waals surface area contributed by atoms with E-state index in [-0.39, 0.29) is 18.4 Å². The van der Waals surface area contributed by atoms with Crippen molar-refractivity contribution in [2.45, 2.75) is 19.6 Å². The largest absolute Gasteiger partial charge is 0.486 e. The van der Waals surface area contributed by atoms with E-state index in [0.717, 1.165) is 5.56 Å². The Bertz CT molecular complexity index is 667. The molecule has 1 aromatic carbocycles. The second kappa shape index (κ2) is 6.82. The second-order valence-electron chi connectivity index (χ2n) is 4.61. The molecule has 1 aromatic heterocycles. The van der Waals surface area contributed by atoms with Crippen LogP contribution >= 0.6 is 0 Å². The van der Waals surface area contributed by atoms with Crippen LogP contribution in [0.15, 0.2) is 36.5 Å². The van der Waals surface area contributed by atoms with Crippen molar-refractivity contribution in [3.63, 3.8) is 0 Å². The number of benzene rings is 1. The van der Waals surface area contributed by atoms with Gasteiger partial charge in [-0.2, -0.15) is 5.26 Å². The van der Waals surface area contributed by atoms with E-state index < -0.39 is 5.82 Å². The van der Waals surface area contributed by atoms with Gasteiger partial charge in [0.25, 0.3) is 0 Å². The number of hydrogen-bond donors (Lipinski definition) is 1. The molecule has 0 amide bonds. The van der Waals surface area contributed by atoms with Crippen molar-refractivity contribution in [3.05, 3.63) is 59.2 Å². The molecule has 0 bridgehead atoms. The van der Waals surface area contributed by atoms with Gasteiger partial charge in [-0.25, -0.2) is 9.37 Å². The molecule has 1 unspecified atom stereocenters. The monoisotopic (exact) mass is 285 g/mol. The van der Waals surface area contributed by atoms with Crippen molar-refractivity contribution in [2.75, 3.05) is 7.05 Å². The van der Waals surface area contributed by atoms with Crippen LogP contribution in [0.5, 0.6) is 5.75 Å². The lowest BCUT2D eigenvalue weighted by Crippen LogP contribution is -2.12. The molecule has 2 aromatic rings. The van der Waals surface area contributed by atoms with Gasteiger partial charge in [0.15, 0.2) is 11.6 Å². The SMILES string of the molecule is CNC(C)c1ccc(OCc2cccnc2C#N)c(F)c1. The maximum atomic E-state index is 14.0. The van der Waals surface area contributed by atoms with Crippen LogP contribution in [0.4, 0.5) is 4.39 Å². The first kappa shape index (κ1) is 14.9. The Morgan fingerprint density at radius 2 is 2.24 bits per heavy atom. The third-order valence-corrected chi connectivity index (χ3v) is 3.27. The fourth-order valence-corrected chi connectivity index (χ4v) is 1.88. The highest BCUT2D eigenvalue weighted by molar-refractivity contribution is 5.33. The number of halogens is 1. The van der Waals surface area contributed by atoms with Gasteiger partial charge in [-0.1, -0.05) is 12.1 Å². The van der Waals surface area contributed by atoms with Crippen molar-refractivity contribution in [2.24, 2.45) is 0 Å². The molecular weight excluding hydrogens is 269 g/mol. The Labute approximate surface area is 123 Å². The molecule has 108 valence electrons. The van der Waals surface area contributed by atoms with Gasteiger partial charge in [-0.15, -0.1) is 0 Å². The Morgan fingerprint density at radius 3 is 2.90 bits per heavy atom. The van der Waals surface area contributed by atoms with E-state index in [4.69, 9.17) is 10.00 Å². The van der Waals surface area contributed by atoms with Gasteiger partial charge < -0.3 is 10.1 Å². The summed E-state index contributed by atoms with van der Waals surface area (Å²) in [6.07, 6.45) is 1.54. The van der Waals surface area contributed by atoms with Gasteiger partial charge in [0.1, 0.15) is 18.4 Å². The fourth-order valence-electron chi connectivity index (χ4n) is 1.88. The van der Waals surface area contributed by atoms with E-state index in [0.29, 0.717) is 11.3 Å². The summed E-state index contributed by atoms with van der Waals surface area (Å²) >= 11 is 0. The topological polar surface area (TPSA) is 57.9 Å². The molecule has 0 aliphatic carbocycles. The first-order valence-corrected chi connectivity index (χ1v) is 6.59. The van der Waals surface area contributed by atoms with Crippen molar-refractivity contribution < 1.29 is 9.13 Å². The highest BCUT2D eigenvalue weighted by Crippen LogP contribution is 2.23. The molecule has 1 N–H and O–H groups in total. The summed E-state index contributed by atoms with van der Waals surface area (Å²) in [5.41, 5.74) is 1.77. The molecule has 0 radical (unpaired) electrons. The Kier molecular flexibility index (Phi) is 4.85. The van der Waals surface area contributed by atoms with Crippen molar-refractivity contribution >= 4 is 0 Å². The van der Waals surface area contributed by atoms with Gasteiger partial charge >= 0.3 is 0 Å². The minimum Gasteiger partial charge on any atom is -0.486 e. The number of nitriles is 1. The van der Waals surface area contributed by atoms with Crippen LogP contribution in [0, 0.1) is 17.1 Å². The third-order valence-electron chi connectivity index (χ3n) is 3.27. The van der Waals surface area contributed by atoms with Crippen LogP contribution in [0.1, 0.15) is 29.8 Å². The maximum Gasteiger partial charge on any atom is 0.165 e. The molecule has 0 aliphatic heterocycles. The lowest BCUT2D eigenvalue weighted by Gasteiger charge is -2.13. The van der Waals surface area contributed by atoms with E-state index in [1.165, 1.54) is 12.3 Å². The predicted octanol–water partition coefficient (Wildman–Crippen LogP) is 2.95. The van der Waals surface area contributed by atoms with Crippen molar-refractivity contribution in [3.8, 4) is 11.8 Å². The standard InChI is InChI=1S/C16H16FN3O/c1-11(19-2)12-5-6-16(14(17)8-12)21-10-13-4-3-7-20-15(13)9-18/h3-8,11,19H,10H2,1-2H3. The normalized spacial score (nSPS) is 11.7. The van der Waals surface area contributed by atoms with Gasteiger partial charge in [0.2, 0.25) is 0 Å². The van der Waals surface area contributed by atoms with Crippen LogP contribution < -0.4 is 10.1 Å². The van der Waals surface area contributed by atoms with Gasteiger partial charge in [0.05, 0.1) is 0 Å². The first-order valence-electron chi connectivity index (χ1n) is 6.59. The minimum absolute atomic E-state index is 0.0667. The quantitative estimate of drug-likeness (QED) is 0.917. The summed E-state index contributed by atoms with van der Waals surface area (Å²) in [7, 11) is 1.82. The van der Waals surface area contributed by atoms with E-state index in [1.54, 1.807) is 18.2 Å². The number of rotatable bonds is 5. The van der Waals surface area contributed by atoms with Gasteiger partial charge in [0, 0.05) is 17.8 Å². The molecular formula is C16H16FN3O. The summed E-state index contributed by atoms with van der Waals surface area (Å²) in [5, 5.41) is 12.0. The molecule has 0 aliphatic rings. The maximum absolute atomic E-state index is 14.0. The number of aromatic nitrogens is 1. The predicted molar refractivity (Wildman–Crippen MR) is 77.2 cm³/mol. The Balaban J connectivity index is 2.12. The van der Waals surface area contributed by atoms with Crippen molar-refractivity contribution in [1.82, 2.24) is 10.3 Å². The average molecular weight is 285 g/mol. The summed E-state index contributed by atoms with van der Waals surface area (Å²) in [4.78, 5) is 3.94. The number of nitrogens with zero attached hydrogens (tertiary/aromatic N) is 2. The van der Waals surface area contributed by atoms with Crippen LogP contribution in [-0.4, -0.2) is 12.0 Å². The molecule has 21 heavy (non-hydrogen) atoms. The molecule has 5 heteroatoms. The first-order chi connectivity index (χ1) is 10.2. The molecule has 0 fully saturated rings. The molecule has 0 saturated heterocycles. The number of hydrogen-bond acceptors (Lipinski definition) is 4. The highest BCUT2D eigenvalue weighted by atomic mass is 19.1.